The summed E-state index contributed by atoms with van der Waals surface area (Å²) in [7, 11) is 0. The van der Waals surface area contributed by atoms with Crippen LogP contribution in [0.15, 0.2) is 42.5 Å². The highest BCUT2D eigenvalue weighted by molar-refractivity contribution is 6.42. The molecular formula is C23H20Cl3F3O. The van der Waals surface area contributed by atoms with Crippen molar-refractivity contribution in [1.82, 2.24) is 0 Å². The van der Waals surface area contributed by atoms with Gasteiger partial charge >= 0.3 is 6.18 Å². The van der Waals surface area contributed by atoms with Gasteiger partial charge in [0.1, 0.15) is 5.78 Å². The predicted octanol–water partition coefficient (Wildman–Crippen LogP) is 8.31. The zero-order valence-corrected chi connectivity index (χ0v) is 18.3. The molecule has 30 heavy (non-hydrogen) atoms. The molecule has 1 aliphatic rings. The molecule has 0 saturated heterocycles. The van der Waals surface area contributed by atoms with E-state index in [1.807, 2.05) is 0 Å². The summed E-state index contributed by atoms with van der Waals surface area (Å²) in [5, 5.41) is 0.755. The number of carbonyl (C=O) groups is 1. The normalized spacial score (nSPS) is 15.5. The van der Waals surface area contributed by atoms with Crippen molar-refractivity contribution in [2.75, 3.05) is 0 Å². The summed E-state index contributed by atoms with van der Waals surface area (Å²) in [5.41, 5.74) is 1.46. The third kappa shape index (κ3) is 6.26. The number of rotatable bonds is 8. The fourth-order valence-corrected chi connectivity index (χ4v) is 3.84. The molecule has 0 aliphatic heterocycles. The molecule has 0 N–H and O–H groups in total. The zero-order chi connectivity index (χ0) is 21.9. The highest BCUT2D eigenvalue weighted by Gasteiger charge is 2.39. The van der Waals surface area contributed by atoms with Crippen LogP contribution < -0.4 is 0 Å². The van der Waals surface area contributed by atoms with Gasteiger partial charge in [-0.25, -0.2) is 0 Å². The van der Waals surface area contributed by atoms with Gasteiger partial charge in [0.05, 0.1) is 16.0 Å². The number of ketones is 1. The fraction of sp³-hybridized carbons (Fsp3) is 0.348. The molecule has 1 saturated carbocycles. The molecule has 0 spiro atoms. The van der Waals surface area contributed by atoms with E-state index in [4.69, 9.17) is 34.8 Å². The molecule has 0 bridgehead atoms. The Morgan fingerprint density at radius 2 is 1.77 bits per heavy atom. The summed E-state index contributed by atoms with van der Waals surface area (Å²) < 4.78 is 40.7. The standard InChI is InChI=1S/C23H20Cl3F3O/c24-19-11-9-17(13-21(19)26)18(23(27,28)29)10-5-14-4-6-15(20(25)12-14)2-1-3-22(30)16-7-8-16/h4-6,9-13,16,18H,1-3,7-8H2/b10-5+. The molecular weight excluding hydrogens is 456 g/mol. The molecule has 1 nitrogen and oxygen atoms in total. The van der Waals surface area contributed by atoms with Gasteiger partial charge in [-0.05, 0) is 60.6 Å². The Balaban J connectivity index is 1.70. The van der Waals surface area contributed by atoms with Crippen LogP contribution in [0.1, 0.15) is 48.3 Å². The van der Waals surface area contributed by atoms with Crippen molar-refractivity contribution in [3.63, 3.8) is 0 Å². The van der Waals surface area contributed by atoms with E-state index < -0.39 is 12.1 Å². The molecule has 3 rings (SSSR count). The molecule has 1 atom stereocenters. The number of aryl methyl sites for hydroxylation is 1. The van der Waals surface area contributed by atoms with Gasteiger partial charge in [0.2, 0.25) is 0 Å². The summed E-state index contributed by atoms with van der Waals surface area (Å²) in [6, 6.07) is 9.05. The van der Waals surface area contributed by atoms with Crippen molar-refractivity contribution >= 4 is 46.7 Å². The Morgan fingerprint density at radius 3 is 2.37 bits per heavy atom. The lowest BCUT2D eigenvalue weighted by Gasteiger charge is -2.18. The van der Waals surface area contributed by atoms with Crippen molar-refractivity contribution < 1.29 is 18.0 Å². The Morgan fingerprint density at radius 1 is 1.03 bits per heavy atom. The van der Waals surface area contributed by atoms with Gasteiger partial charge < -0.3 is 0 Å². The van der Waals surface area contributed by atoms with Gasteiger partial charge in [-0.1, -0.05) is 65.2 Å². The lowest BCUT2D eigenvalue weighted by molar-refractivity contribution is -0.139. The Labute approximate surface area is 188 Å². The number of carbonyl (C=O) groups excluding carboxylic acids is 1. The van der Waals surface area contributed by atoms with Gasteiger partial charge in [-0.15, -0.1) is 0 Å². The number of alkyl halides is 3. The first-order chi connectivity index (χ1) is 14.1. The van der Waals surface area contributed by atoms with Crippen LogP contribution in [0.3, 0.4) is 0 Å². The zero-order valence-electron chi connectivity index (χ0n) is 16.0. The van der Waals surface area contributed by atoms with Gasteiger partial charge in [-0.2, -0.15) is 13.2 Å². The number of benzene rings is 2. The lowest BCUT2D eigenvalue weighted by Crippen LogP contribution is -2.18. The number of halogens is 6. The highest BCUT2D eigenvalue weighted by Crippen LogP contribution is 2.38. The first kappa shape index (κ1) is 23.2. The Hall–Kier alpha value is -1.49. The monoisotopic (exact) mass is 474 g/mol. The van der Waals surface area contributed by atoms with E-state index in [1.54, 1.807) is 18.2 Å². The minimum Gasteiger partial charge on any atom is -0.299 e. The van der Waals surface area contributed by atoms with Gasteiger partial charge in [0.15, 0.2) is 0 Å². The summed E-state index contributed by atoms with van der Waals surface area (Å²) in [5.74, 6) is -1.25. The molecule has 2 aromatic rings. The van der Waals surface area contributed by atoms with E-state index in [-0.39, 0.29) is 21.5 Å². The SMILES string of the molecule is O=C(CCCc1ccc(/C=C/C(c2ccc(Cl)c(Cl)c2)C(F)(F)F)cc1Cl)C1CC1. The van der Waals surface area contributed by atoms with Crippen molar-refractivity contribution in [3.8, 4) is 0 Å². The number of hydrogen-bond donors (Lipinski definition) is 0. The molecule has 7 heteroatoms. The van der Waals surface area contributed by atoms with Crippen molar-refractivity contribution in [1.29, 1.82) is 0 Å². The highest BCUT2D eigenvalue weighted by atomic mass is 35.5. The average Bonchev–Trinajstić information content (AvgIpc) is 3.50. The second-order valence-corrected chi connectivity index (χ2v) is 8.72. The fourth-order valence-electron chi connectivity index (χ4n) is 3.25. The topological polar surface area (TPSA) is 17.1 Å². The average molecular weight is 476 g/mol. The quantitative estimate of drug-likeness (QED) is 0.375. The predicted molar refractivity (Wildman–Crippen MR) is 116 cm³/mol. The molecule has 1 fully saturated rings. The summed E-state index contributed by atoms with van der Waals surface area (Å²) >= 11 is 18.0. The van der Waals surface area contributed by atoms with E-state index in [0.717, 1.165) is 30.9 Å². The minimum atomic E-state index is -4.48. The molecule has 0 aromatic heterocycles. The molecule has 160 valence electrons. The van der Waals surface area contributed by atoms with Gasteiger partial charge in [0, 0.05) is 17.4 Å². The van der Waals surface area contributed by atoms with Crippen LogP contribution in [-0.4, -0.2) is 12.0 Å². The van der Waals surface area contributed by atoms with E-state index in [0.29, 0.717) is 29.2 Å². The van der Waals surface area contributed by atoms with E-state index in [9.17, 15) is 18.0 Å². The van der Waals surface area contributed by atoms with Gasteiger partial charge in [-0.3, -0.25) is 4.79 Å². The van der Waals surface area contributed by atoms with Crippen LogP contribution >= 0.6 is 34.8 Å². The molecule has 0 amide bonds. The van der Waals surface area contributed by atoms with Crippen LogP contribution in [0.5, 0.6) is 0 Å². The van der Waals surface area contributed by atoms with Crippen LogP contribution in [0, 0.1) is 5.92 Å². The molecule has 1 unspecified atom stereocenters. The van der Waals surface area contributed by atoms with Crippen LogP contribution in [-0.2, 0) is 11.2 Å². The maximum Gasteiger partial charge on any atom is 0.399 e. The lowest BCUT2D eigenvalue weighted by atomic mass is 9.96. The molecule has 0 radical (unpaired) electrons. The maximum absolute atomic E-state index is 13.6. The Bertz CT molecular complexity index is 949. The molecule has 0 heterocycles. The third-order valence-electron chi connectivity index (χ3n) is 5.12. The van der Waals surface area contributed by atoms with Crippen molar-refractivity contribution in [2.45, 2.75) is 44.2 Å². The minimum absolute atomic E-state index is 0.0104. The number of allylic oxidation sites excluding steroid dienone is 1. The summed E-state index contributed by atoms with van der Waals surface area (Å²) in [6.07, 6.45) is 1.92. The van der Waals surface area contributed by atoms with Crippen molar-refractivity contribution in [3.05, 3.63) is 74.2 Å². The largest absolute Gasteiger partial charge is 0.399 e. The second kappa shape index (κ2) is 9.76. The molecule has 2 aromatic carbocycles. The summed E-state index contributed by atoms with van der Waals surface area (Å²) in [4.78, 5) is 11.8. The van der Waals surface area contributed by atoms with E-state index >= 15 is 0 Å². The second-order valence-electron chi connectivity index (χ2n) is 7.50. The number of hydrogen-bond acceptors (Lipinski definition) is 1. The van der Waals surface area contributed by atoms with E-state index in [1.165, 1.54) is 24.3 Å². The van der Waals surface area contributed by atoms with Crippen molar-refractivity contribution in [2.24, 2.45) is 5.92 Å². The maximum atomic E-state index is 13.6. The number of Topliss-reactive ketones (excluding diaryl/α,β-unsaturated/α-hetero) is 1. The van der Waals surface area contributed by atoms with Crippen LogP contribution in [0.4, 0.5) is 13.2 Å². The first-order valence-electron chi connectivity index (χ1n) is 9.66. The van der Waals surface area contributed by atoms with Gasteiger partial charge in [0.25, 0.3) is 0 Å². The third-order valence-corrected chi connectivity index (χ3v) is 6.21. The first-order valence-corrected chi connectivity index (χ1v) is 10.8. The Kier molecular flexibility index (Phi) is 7.54. The molecule has 1 aliphatic carbocycles. The van der Waals surface area contributed by atoms with E-state index in [2.05, 4.69) is 0 Å². The summed E-state index contributed by atoms with van der Waals surface area (Å²) in [6.45, 7) is 0. The van der Waals surface area contributed by atoms with Crippen LogP contribution in [0.25, 0.3) is 6.08 Å². The van der Waals surface area contributed by atoms with Crippen LogP contribution in [0.2, 0.25) is 15.1 Å². The smallest absolute Gasteiger partial charge is 0.299 e.